The standard InChI is InChI=1S/C19H25NO3/c1-4-12-9-13-11-20(2)8-7-19-6-5-14(21)10-15(19)23-18(16(13)19)17(12)22-3/h5-6,9,14-15,21H,4,7-8,10-11H2,1-3H3/t14-,15-,19-/m0/s1. The summed E-state index contributed by atoms with van der Waals surface area (Å²) in [6.45, 7) is 4.12. The summed E-state index contributed by atoms with van der Waals surface area (Å²) in [7, 11) is 3.90. The first kappa shape index (κ1) is 15.0. The van der Waals surface area contributed by atoms with Crippen molar-refractivity contribution in [1.82, 2.24) is 4.90 Å². The van der Waals surface area contributed by atoms with Crippen LogP contribution in [-0.2, 0) is 18.4 Å². The second-order valence-corrected chi connectivity index (χ2v) is 7.08. The largest absolute Gasteiger partial charge is 0.493 e. The fourth-order valence-electron chi connectivity index (χ4n) is 4.54. The number of ether oxygens (including phenoxy) is 2. The van der Waals surface area contributed by atoms with Crippen LogP contribution in [0.4, 0.5) is 0 Å². The molecule has 2 aliphatic heterocycles. The van der Waals surface area contributed by atoms with Crippen LogP contribution < -0.4 is 9.47 Å². The van der Waals surface area contributed by atoms with Gasteiger partial charge in [-0.2, -0.15) is 0 Å². The highest BCUT2D eigenvalue weighted by atomic mass is 16.5. The molecule has 4 rings (SSSR count). The van der Waals surface area contributed by atoms with Gasteiger partial charge in [-0.25, -0.2) is 0 Å². The van der Waals surface area contributed by atoms with E-state index in [4.69, 9.17) is 9.47 Å². The van der Waals surface area contributed by atoms with Crippen LogP contribution in [0.3, 0.4) is 0 Å². The van der Waals surface area contributed by atoms with Gasteiger partial charge in [0.1, 0.15) is 6.10 Å². The minimum absolute atomic E-state index is 0.00348. The van der Waals surface area contributed by atoms with Crippen molar-refractivity contribution < 1.29 is 14.6 Å². The van der Waals surface area contributed by atoms with Crippen molar-refractivity contribution in [2.24, 2.45) is 0 Å². The first-order valence-electron chi connectivity index (χ1n) is 8.55. The second-order valence-electron chi connectivity index (χ2n) is 7.08. The summed E-state index contributed by atoms with van der Waals surface area (Å²) in [5, 5.41) is 10.1. The minimum atomic E-state index is -0.416. The van der Waals surface area contributed by atoms with Crippen molar-refractivity contribution in [1.29, 1.82) is 0 Å². The maximum atomic E-state index is 10.1. The van der Waals surface area contributed by atoms with Gasteiger partial charge in [0.15, 0.2) is 11.5 Å². The van der Waals surface area contributed by atoms with Crippen molar-refractivity contribution in [3.8, 4) is 11.5 Å². The van der Waals surface area contributed by atoms with Crippen molar-refractivity contribution >= 4 is 0 Å². The van der Waals surface area contributed by atoms with Crippen LogP contribution in [0.15, 0.2) is 18.2 Å². The summed E-state index contributed by atoms with van der Waals surface area (Å²) in [4.78, 5) is 2.38. The number of benzene rings is 1. The molecule has 1 aromatic carbocycles. The zero-order valence-corrected chi connectivity index (χ0v) is 14.1. The number of aryl methyl sites for hydroxylation is 1. The van der Waals surface area contributed by atoms with Crippen LogP contribution in [-0.4, -0.2) is 42.9 Å². The van der Waals surface area contributed by atoms with Crippen LogP contribution in [0.1, 0.15) is 36.5 Å². The van der Waals surface area contributed by atoms with Crippen molar-refractivity contribution in [2.75, 3.05) is 20.7 Å². The molecule has 0 bridgehead atoms. The lowest BCUT2D eigenvalue weighted by Crippen LogP contribution is -2.42. The van der Waals surface area contributed by atoms with Crippen molar-refractivity contribution in [2.45, 2.75) is 50.4 Å². The molecular weight excluding hydrogens is 290 g/mol. The van der Waals surface area contributed by atoms with E-state index in [-0.39, 0.29) is 11.5 Å². The molecule has 3 atom stereocenters. The molecule has 1 aliphatic carbocycles. The monoisotopic (exact) mass is 315 g/mol. The van der Waals surface area contributed by atoms with Crippen LogP contribution in [0.25, 0.3) is 0 Å². The summed E-state index contributed by atoms with van der Waals surface area (Å²) in [5.74, 6) is 1.80. The molecule has 0 unspecified atom stereocenters. The molecule has 23 heavy (non-hydrogen) atoms. The molecule has 0 saturated heterocycles. The van der Waals surface area contributed by atoms with E-state index in [1.54, 1.807) is 7.11 Å². The van der Waals surface area contributed by atoms with Gasteiger partial charge in [0.25, 0.3) is 0 Å². The average molecular weight is 315 g/mol. The first-order chi connectivity index (χ1) is 11.1. The summed E-state index contributed by atoms with van der Waals surface area (Å²) >= 11 is 0. The van der Waals surface area contributed by atoms with Gasteiger partial charge in [-0.15, -0.1) is 0 Å². The van der Waals surface area contributed by atoms with Gasteiger partial charge in [0, 0.05) is 18.5 Å². The SMILES string of the molecule is CCc1cc2c3c(c1OC)O[C@H]1C[C@@H](O)C=C[C@@]31CCN(C)C2. The first-order valence-corrected chi connectivity index (χ1v) is 8.55. The van der Waals surface area contributed by atoms with Crippen molar-refractivity contribution in [3.05, 3.63) is 34.9 Å². The zero-order valence-electron chi connectivity index (χ0n) is 14.1. The fraction of sp³-hybridized carbons (Fsp3) is 0.579. The molecule has 3 aliphatic rings. The van der Waals surface area contributed by atoms with E-state index in [0.717, 1.165) is 37.4 Å². The summed E-state index contributed by atoms with van der Waals surface area (Å²) in [5.41, 5.74) is 3.73. The van der Waals surface area contributed by atoms with Gasteiger partial charge in [-0.3, -0.25) is 0 Å². The molecule has 4 heteroatoms. The average Bonchev–Trinajstić information content (AvgIpc) is 2.79. The highest BCUT2D eigenvalue weighted by Gasteiger charge is 2.52. The molecular formula is C19H25NO3. The van der Waals surface area contributed by atoms with Gasteiger partial charge in [0.05, 0.1) is 18.6 Å². The quantitative estimate of drug-likeness (QED) is 0.851. The number of aliphatic hydroxyl groups excluding tert-OH is 1. The van der Waals surface area contributed by atoms with E-state index < -0.39 is 6.10 Å². The maximum absolute atomic E-state index is 10.1. The molecule has 0 amide bonds. The third kappa shape index (κ3) is 2.05. The van der Waals surface area contributed by atoms with Gasteiger partial charge < -0.3 is 19.5 Å². The van der Waals surface area contributed by atoms with E-state index >= 15 is 0 Å². The number of hydrogen-bond donors (Lipinski definition) is 1. The lowest BCUT2D eigenvalue weighted by Gasteiger charge is -2.35. The molecule has 1 N–H and O–H groups in total. The van der Waals surface area contributed by atoms with Crippen LogP contribution in [0.2, 0.25) is 0 Å². The summed E-state index contributed by atoms with van der Waals surface area (Å²) < 4.78 is 12.1. The normalized spacial score (nSPS) is 32.0. The molecule has 0 saturated carbocycles. The minimum Gasteiger partial charge on any atom is -0.493 e. The number of hydrogen-bond acceptors (Lipinski definition) is 4. The zero-order chi connectivity index (χ0) is 16.2. The van der Waals surface area contributed by atoms with E-state index in [1.807, 2.05) is 6.08 Å². The second kappa shape index (κ2) is 5.25. The highest BCUT2D eigenvalue weighted by molar-refractivity contribution is 5.63. The lowest BCUT2D eigenvalue weighted by molar-refractivity contribution is 0.0821. The molecule has 4 nitrogen and oxygen atoms in total. The lowest BCUT2D eigenvalue weighted by atomic mass is 9.69. The van der Waals surface area contributed by atoms with Crippen LogP contribution >= 0.6 is 0 Å². The predicted molar refractivity (Wildman–Crippen MR) is 89.2 cm³/mol. The van der Waals surface area contributed by atoms with E-state index in [0.29, 0.717) is 6.42 Å². The number of methoxy groups -OCH3 is 1. The fourth-order valence-corrected chi connectivity index (χ4v) is 4.54. The smallest absolute Gasteiger partial charge is 0.166 e. The van der Waals surface area contributed by atoms with Crippen LogP contribution in [0, 0.1) is 0 Å². The molecule has 0 radical (unpaired) electrons. The Hall–Kier alpha value is -1.52. The Labute approximate surface area is 137 Å². The van der Waals surface area contributed by atoms with Gasteiger partial charge in [-0.05, 0) is 37.6 Å². The van der Waals surface area contributed by atoms with Crippen LogP contribution in [0.5, 0.6) is 11.5 Å². The Morgan fingerprint density at radius 1 is 1.48 bits per heavy atom. The predicted octanol–water partition coefficient (Wildman–Crippen LogP) is 2.41. The maximum Gasteiger partial charge on any atom is 0.166 e. The Bertz CT molecular complexity index is 669. The molecule has 0 aromatic heterocycles. The highest BCUT2D eigenvalue weighted by Crippen LogP contribution is 2.56. The Balaban J connectivity index is 1.98. The molecule has 2 heterocycles. The summed E-state index contributed by atoms with van der Waals surface area (Å²) in [6, 6.07) is 2.30. The topological polar surface area (TPSA) is 41.9 Å². The van der Waals surface area contributed by atoms with E-state index in [9.17, 15) is 5.11 Å². The Morgan fingerprint density at radius 3 is 3.04 bits per heavy atom. The number of aliphatic hydroxyl groups is 1. The molecule has 124 valence electrons. The van der Waals surface area contributed by atoms with Gasteiger partial charge in [-0.1, -0.05) is 25.1 Å². The molecule has 0 fully saturated rings. The van der Waals surface area contributed by atoms with Crippen molar-refractivity contribution in [3.63, 3.8) is 0 Å². The third-order valence-corrected chi connectivity index (χ3v) is 5.70. The molecule has 1 spiro atoms. The van der Waals surface area contributed by atoms with E-state index in [2.05, 4.69) is 31.0 Å². The Morgan fingerprint density at radius 2 is 2.30 bits per heavy atom. The van der Waals surface area contributed by atoms with E-state index in [1.165, 1.54) is 16.7 Å². The number of nitrogens with zero attached hydrogens (tertiary/aromatic N) is 1. The van der Waals surface area contributed by atoms with Gasteiger partial charge in [0.2, 0.25) is 0 Å². The summed E-state index contributed by atoms with van der Waals surface area (Å²) in [6.07, 6.45) is 6.33. The van der Waals surface area contributed by atoms with Gasteiger partial charge >= 0.3 is 0 Å². The number of rotatable bonds is 2. The molecule has 1 aromatic rings. The third-order valence-electron chi connectivity index (χ3n) is 5.70. The Kier molecular flexibility index (Phi) is 3.43.